The van der Waals surface area contributed by atoms with Crippen molar-refractivity contribution in [1.29, 1.82) is 0 Å². The highest BCUT2D eigenvalue weighted by Gasteiger charge is 2.06. The number of hydrogen-bond acceptors (Lipinski definition) is 3. The van der Waals surface area contributed by atoms with Crippen LogP contribution in [-0.2, 0) is 10.1 Å². The summed E-state index contributed by atoms with van der Waals surface area (Å²) in [5.74, 6) is 0. The van der Waals surface area contributed by atoms with Gasteiger partial charge in [0.05, 0.1) is 4.90 Å². The van der Waals surface area contributed by atoms with Crippen molar-refractivity contribution in [3.8, 4) is 0 Å². The smallest absolute Gasteiger partial charge is 0.294 e. The molecule has 1 aromatic rings. The van der Waals surface area contributed by atoms with Crippen molar-refractivity contribution in [3.63, 3.8) is 0 Å². The van der Waals surface area contributed by atoms with Gasteiger partial charge in [0.2, 0.25) is 0 Å². The average molecular weight is 414 g/mol. The molecule has 0 atom stereocenters. The Morgan fingerprint density at radius 1 is 0.714 bits per heavy atom. The van der Waals surface area contributed by atoms with Gasteiger partial charge in [-0.2, -0.15) is 8.42 Å². The molecule has 0 amide bonds. The molecule has 0 aliphatic heterocycles. The minimum absolute atomic E-state index is 0.0666. The van der Waals surface area contributed by atoms with E-state index >= 15 is 0 Å². The Labute approximate surface area is 174 Å². The van der Waals surface area contributed by atoms with Crippen molar-refractivity contribution in [2.24, 2.45) is 5.73 Å². The fourth-order valence-corrected chi connectivity index (χ4v) is 3.53. The number of unbranched alkanes of at least 4 members (excludes halogenated alkanes) is 13. The average Bonchev–Trinajstić information content (AvgIpc) is 2.66. The Kier molecular flexibility index (Phi) is 17.6. The van der Waals surface area contributed by atoms with Gasteiger partial charge in [0.15, 0.2) is 0 Å². The summed E-state index contributed by atoms with van der Waals surface area (Å²) in [6.07, 6.45) is 19.9. The van der Waals surface area contributed by atoms with Crippen LogP contribution in [-0.4, -0.2) is 19.5 Å². The molecule has 164 valence electrons. The number of aryl methyl sites for hydroxylation is 1. The lowest BCUT2D eigenvalue weighted by molar-refractivity contribution is 0.483. The van der Waals surface area contributed by atoms with Crippen LogP contribution >= 0.6 is 0 Å². The molecule has 0 radical (unpaired) electrons. The Morgan fingerprint density at radius 2 is 1.07 bits per heavy atom. The largest absolute Gasteiger partial charge is 0.330 e. The van der Waals surface area contributed by atoms with E-state index < -0.39 is 10.1 Å². The third-order valence-corrected chi connectivity index (χ3v) is 5.74. The Hall–Kier alpha value is -0.910. The van der Waals surface area contributed by atoms with Crippen molar-refractivity contribution >= 4 is 10.1 Å². The predicted molar refractivity (Wildman–Crippen MR) is 120 cm³/mol. The van der Waals surface area contributed by atoms with Crippen molar-refractivity contribution in [2.75, 3.05) is 6.54 Å². The summed E-state index contributed by atoms with van der Waals surface area (Å²) < 4.78 is 29.6. The molecular weight excluding hydrogens is 370 g/mol. The lowest BCUT2D eigenvalue weighted by Crippen LogP contribution is -1.97. The highest BCUT2D eigenvalue weighted by Crippen LogP contribution is 2.12. The minimum Gasteiger partial charge on any atom is -0.330 e. The van der Waals surface area contributed by atoms with Crippen LogP contribution in [0.2, 0.25) is 0 Å². The van der Waals surface area contributed by atoms with Gasteiger partial charge in [-0.3, -0.25) is 4.55 Å². The fraction of sp³-hybridized carbons (Fsp3) is 0.739. The molecule has 4 nitrogen and oxygen atoms in total. The Balaban J connectivity index is 0.000000567. The van der Waals surface area contributed by atoms with E-state index in [1.165, 1.54) is 102 Å². The molecule has 0 fully saturated rings. The third kappa shape index (κ3) is 17.2. The molecule has 0 aromatic heterocycles. The summed E-state index contributed by atoms with van der Waals surface area (Å²) in [4.78, 5) is -0.0666. The van der Waals surface area contributed by atoms with E-state index in [4.69, 9.17) is 10.3 Å². The van der Waals surface area contributed by atoms with Gasteiger partial charge in [-0.05, 0) is 32.0 Å². The zero-order valence-electron chi connectivity index (χ0n) is 18.2. The molecule has 0 bridgehead atoms. The van der Waals surface area contributed by atoms with Crippen LogP contribution in [0.15, 0.2) is 29.2 Å². The molecule has 0 saturated heterocycles. The summed E-state index contributed by atoms with van der Waals surface area (Å²) >= 11 is 0. The normalized spacial score (nSPS) is 11.1. The van der Waals surface area contributed by atoms with Crippen LogP contribution in [0.3, 0.4) is 0 Å². The number of benzene rings is 1. The van der Waals surface area contributed by atoms with Crippen molar-refractivity contribution in [1.82, 2.24) is 0 Å². The lowest BCUT2D eigenvalue weighted by Gasteiger charge is -2.02. The molecule has 0 aliphatic rings. The van der Waals surface area contributed by atoms with E-state index in [0.29, 0.717) is 0 Å². The molecule has 5 heteroatoms. The summed E-state index contributed by atoms with van der Waals surface area (Å²) in [5.41, 5.74) is 6.42. The van der Waals surface area contributed by atoms with Gasteiger partial charge in [-0.1, -0.05) is 108 Å². The number of rotatable bonds is 15. The highest BCUT2D eigenvalue weighted by molar-refractivity contribution is 7.85. The molecule has 3 N–H and O–H groups in total. The third-order valence-electron chi connectivity index (χ3n) is 4.88. The predicted octanol–water partition coefficient (Wildman–Crippen LogP) is 6.67. The van der Waals surface area contributed by atoms with Crippen LogP contribution in [0.1, 0.15) is 102 Å². The molecule has 1 aromatic carbocycles. The molecule has 0 spiro atoms. The summed E-state index contributed by atoms with van der Waals surface area (Å²) in [7, 11) is -4.02. The van der Waals surface area contributed by atoms with Crippen LogP contribution < -0.4 is 5.73 Å². The maximum Gasteiger partial charge on any atom is 0.294 e. The van der Waals surface area contributed by atoms with Gasteiger partial charge in [-0.25, -0.2) is 0 Å². The fourth-order valence-electron chi connectivity index (χ4n) is 3.05. The summed E-state index contributed by atoms with van der Waals surface area (Å²) in [5, 5.41) is 0. The zero-order valence-corrected chi connectivity index (χ0v) is 19.0. The number of hydrogen-bond donors (Lipinski definition) is 2. The van der Waals surface area contributed by atoms with Crippen molar-refractivity contribution in [3.05, 3.63) is 29.8 Å². The van der Waals surface area contributed by atoms with Gasteiger partial charge in [0.1, 0.15) is 0 Å². The van der Waals surface area contributed by atoms with Gasteiger partial charge in [0, 0.05) is 0 Å². The Bertz CT molecular complexity index is 542. The second-order valence-corrected chi connectivity index (χ2v) is 9.09. The molecule has 0 unspecified atom stereocenters. The molecule has 0 aliphatic carbocycles. The first-order valence-electron chi connectivity index (χ1n) is 11.2. The Morgan fingerprint density at radius 3 is 1.39 bits per heavy atom. The van der Waals surface area contributed by atoms with Crippen LogP contribution in [0, 0.1) is 6.92 Å². The van der Waals surface area contributed by atoms with Crippen LogP contribution in [0.4, 0.5) is 0 Å². The summed E-state index contributed by atoms with van der Waals surface area (Å²) in [6.45, 7) is 5.00. The van der Waals surface area contributed by atoms with E-state index in [2.05, 4.69) is 6.92 Å². The SMILES string of the molecule is CCCCCCCCCCCCCCCCN.Cc1ccc(S(=O)(=O)O)cc1. The summed E-state index contributed by atoms with van der Waals surface area (Å²) in [6, 6.07) is 5.99. The maximum absolute atomic E-state index is 10.5. The second kappa shape index (κ2) is 18.1. The second-order valence-electron chi connectivity index (χ2n) is 7.67. The molecular formula is C23H43NO3S. The molecule has 28 heavy (non-hydrogen) atoms. The van der Waals surface area contributed by atoms with E-state index in [0.717, 1.165) is 12.1 Å². The first-order chi connectivity index (χ1) is 13.4. The molecule has 0 heterocycles. The monoisotopic (exact) mass is 413 g/mol. The van der Waals surface area contributed by atoms with Crippen molar-refractivity contribution < 1.29 is 13.0 Å². The van der Waals surface area contributed by atoms with Crippen LogP contribution in [0.5, 0.6) is 0 Å². The van der Waals surface area contributed by atoms with E-state index in [9.17, 15) is 8.42 Å². The highest BCUT2D eigenvalue weighted by atomic mass is 32.2. The lowest BCUT2D eigenvalue weighted by atomic mass is 10.0. The van der Waals surface area contributed by atoms with Crippen LogP contribution in [0.25, 0.3) is 0 Å². The van der Waals surface area contributed by atoms with Gasteiger partial charge >= 0.3 is 0 Å². The van der Waals surface area contributed by atoms with Gasteiger partial charge < -0.3 is 5.73 Å². The topological polar surface area (TPSA) is 80.4 Å². The number of nitrogens with two attached hydrogens (primary N) is 1. The zero-order chi connectivity index (χ0) is 21.1. The van der Waals surface area contributed by atoms with Gasteiger partial charge in [0.25, 0.3) is 10.1 Å². The standard InChI is InChI=1S/C16H35N.C7H8O3S/c1-2-3-4-5-6-7-8-9-10-11-12-13-14-15-16-17;1-6-2-4-7(5-3-6)11(8,9)10/h2-17H2,1H3;2-5H,1H3,(H,8,9,10). The van der Waals surface area contributed by atoms with E-state index in [1.807, 2.05) is 6.92 Å². The molecule has 1 rings (SSSR count). The molecule has 0 saturated carbocycles. The van der Waals surface area contributed by atoms with E-state index in [-0.39, 0.29) is 4.90 Å². The first-order valence-corrected chi connectivity index (χ1v) is 12.6. The maximum atomic E-state index is 10.5. The van der Waals surface area contributed by atoms with Gasteiger partial charge in [-0.15, -0.1) is 0 Å². The quantitative estimate of drug-likeness (QED) is 0.248. The minimum atomic E-state index is -4.02. The van der Waals surface area contributed by atoms with Crippen molar-refractivity contribution in [2.45, 2.75) is 109 Å². The first kappa shape index (κ1) is 27.1. The van der Waals surface area contributed by atoms with E-state index in [1.54, 1.807) is 12.1 Å².